The van der Waals surface area contributed by atoms with Gasteiger partial charge in [0.25, 0.3) is 0 Å². The minimum Gasteiger partial charge on any atom is -0.255 e. The molecule has 0 radical (unpaired) electrons. The highest BCUT2D eigenvalue weighted by Crippen LogP contribution is 2.26. The van der Waals surface area contributed by atoms with Gasteiger partial charge in [0.15, 0.2) is 0 Å². The Hall–Kier alpha value is 0.730. The zero-order valence-corrected chi connectivity index (χ0v) is 5.66. The molecule has 5 heteroatoms. The Morgan fingerprint density at radius 3 is 1.14 bits per heavy atom. The topological polar surface area (TPSA) is 0 Å². The fourth-order valence-electron chi connectivity index (χ4n) is 0. The lowest BCUT2D eigenvalue weighted by atomic mass is 11.7. The second-order valence-electron chi connectivity index (χ2n) is 0.429. The minimum absolute atomic E-state index is 0.500. The lowest BCUT2D eigenvalue weighted by Crippen LogP contribution is -1.83. The van der Waals surface area contributed by atoms with Crippen LogP contribution in [0.4, 0.5) is 8.78 Å². The molecule has 0 aromatic carbocycles. The Morgan fingerprint density at radius 1 is 1.14 bits per heavy atom. The molecule has 0 saturated heterocycles. The van der Waals surface area contributed by atoms with Gasteiger partial charge in [-0.2, -0.15) is 4.39 Å². The van der Waals surface area contributed by atoms with E-state index in [1.54, 1.807) is 0 Å². The van der Waals surface area contributed by atoms with E-state index in [0.29, 0.717) is 7.18 Å². The Kier molecular flexibility index (Phi) is 7.43. The van der Waals surface area contributed by atoms with Crippen LogP contribution in [-0.2, 0) is 0 Å². The van der Waals surface area contributed by atoms with Crippen LogP contribution >= 0.6 is 34.8 Å². The van der Waals surface area contributed by atoms with Crippen LogP contribution < -0.4 is 0 Å². The Balaban J connectivity index is 0. The molecule has 0 N–H and O–H groups in total. The monoisotopic (exact) mass is 170 g/mol. The van der Waals surface area contributed by atoms with Crippen molar-refractivity contribution in [3.8, 4) is 0 Å². The van der Waals surface area contributed by atoms with Crippen LogP contribution in [-0.4, -0.2) is 11.2 Å². The molecule has 0 aliphatic heterocycles. The molecule has 0 saturated carbocycles. The fourth-order valence-corrected chi connectivity index (χ4v) is 0. The molecule has 0 aliphatic carbocycles. The van der Waals surface area contributed by atoms with E-state index in [0.717, 1.165) is 0 Å². The lowest BCUT2D eigenvalue weighted by molar-refractivity contribution is 0.507. The highest BCUT2D eigenvalue weighted by atomic mass is 35.6. The zero-order chi connectivity index (χ0) is 6.50. The fraction of sp³-hybridized carbons (Fsp3) is 1.00. The second-order valence-corrected chi connectivity index (χ2v) is 2.57. The SMILES string of the molecule is CF.FC(Cl)(Cl)Cl. The van der Waals surface area contributed by atoms with Crippen molar-refractivity contribution < 1.29 is 8.78 Å². The van der Waals surface area contributed by atoms with Crippen LogP contribution in [0.5, 0.6) is 0 Å². The van der Waals surface area contributed by atoms with Crippen molar-refractivity contribution in [2.45, 2.75) is 4.05 Å². The van der Waals surface area contributed by atoms with E-state index in [9.17, 15) is 8.78 Å². The van der Waals surface area contributed by atoms with Gasteiger partial charge < -0.3 is 0 Å². The van der Waals surface area contributed by atoms with Crippen LogP contribution in [0.15, 0.2) is 0 Å². The maximum atomic E-state index is 11.0. The van der Waals surface area contributed by atoms with E-state index in [-0.39, 0.29) is 0 Å². The van der Waals surface area contributed by atoms with E-state index < -0.39 is 4.05 Å². The van der Waals surface area contributed by atoms with Gasteiger partial charge in [-0.3, -0.25) is 4.39 Å². The molecule has 0 unspecified atom stereocenters. The molecule has 0 aliphatic rings. The van der Waals surface area contributed by atoms with Crippen LogP contribution in [0.1, 0.15) is 0 Å². The number of alkyl halides is 5. The highest BCUT2D eigenvalue weighted by Gasteiger charge is 2.14. The minimum atomic E-state index is -2.58. The quantitative estimate of drug-likeness (QED) is 0.492. The third kappa shape index (κ3) is 283. The summed E-state index contributed by atoms with van der Waals surface area (Å²) >= 11 is 13.2. The maximum absolute atomic E-state index is 11.0. The normalized spacial score (nSPS) is 9.43. The van der Waals surface area contributed by atoms with Crippen molar-refractivity contribution in [3.63, 3.8) is 0 Å². The predicted octanol–water partition coefficient (Wildman–Crippen LogP) is 2.87. The number of rotatable bonds is 0. The summed E-state index contributed by atoms with van der Waals surface area (Å²) in [4.78, 5) is 0. The molecule has 0 heterocycles. The molecule has 0 fully saturated rings. The Labute approximate surface area is 55.4 Å². The summed E-state index contributed by atoms with van der Waals surface area (Å²) in [5, 5.41) is 0. The molecule has 0 spiro atoms. The van der Waals surface area contributed by atoms with E-state index in [1.807, 2.05) is 0 Å². The average Bonchev–Trinajstić information content (AvgIpc) is 1.36. The van der Waals surface area contributed by atoms with Crippen molar-refractivity contribution >= 4 is 34.8 Å². The van der Waals surface area contributed by atoms with E-state index in [1.165, 1.54) is 0 Å². The van der Waals surface area contributed by atoms with Gasteiger partial charge in [0, 0.05) is 0 Å². The molecule has 0 nitrogen and oxygen atoms in total. The van der Waals surface area contributed by atoms with Gasteiger partial charge in [-0.25, -0.2) is 0 Å². The van der Waals surface area contributed by atoms with Gasteiger partial charge in [-0.1, -0.05) is 0 Å². The third-order valence-electron chi connectivity index (χ3n) is 0. The first-order valence-electron chi connectivity index (χ1n) is 1.13. The van der Waals surface area contributed by atoms with Gasteiger partial charge in [0.1, 0.15) is 0 Å². The Morgan fingerprint density at radius 2 is 1.14 bits per heavy atom. The van der Waals surface area contributed by atoms with Crippen LogP contribution in [0.25, 0.3) is 0 Å². The van der Waals surface area contributed by atoms with Crippen molar-refractivity contribution in [2.75, 3.05) is 7.18 Å². The van der Waals surface area contributed by atoms with Crippen LogP contribution in [0, 0.1) is 0 Å². The van der Waals surface area contributed by atoms with Crippen molar-refractivity contribution in [2.24, 2.45) is 0 Å². The first-order valence-corrected chi connectivity index (χ1v) is 2.27. The van der Waals surface area contributed by atoms with Gasteiger partial charge >= 0.3 is 4.05 Å². The summed E-state index contributed by atoms with van der Waals surface area (Å²) in [5.41, 5.74) is 0. The average molecular weight is 171 g/mol. The van der Waals surface area contributed by atoms with Gasteiger partial charge in [-0.05, 0) is 34.8 Å². The van der Waals surface area contributed by atoms with Crippen molar-refractivity contribution in [1.82, 2.24) is 0 Å². The van der Waals surface area contributed by atoms with E-state index in [2.05, 4.69) is 34.8 Å². The van der Waals surface area contributed by atoms with Crippen LogP contribution in [0.2, 0.25) is 0 Å². The van der Waals surface area contributed by atoms with E-state index >= 15 is 0 Å². The molecule has 0 rings (SSSR count). The predicted molar refractivity (Wildman–Crippen MR) is 28.4 cm³/mol. The summed E-state index contributed by atoms with van der Waals surface area (Å²) in [6, 6.07) is 0. The zero-order valence-electron chi connectivity index (χ0n) is 3.39. The van der Waals surface area contributed by atoms with E-state index in [4.69, 9.17) is 0 Å². The number of hydrogen-bond acceptors (Lipinski definition) is 0. The summed E-state index contributed by atoms with van der Waals surface area (Å²) in [6.07, 6.45) is 0. The maximum Gasteiger partial charge on any atom is 0.333 e. The first kappa shape index (κ1) is 10.7. The van der Waals surface area contributed by atoms with Gasteiger partial charge in [0.05, 0.1) is 7.18 Å². The largest absolute Gasteiger partial charge is 0.333 e. The van der Waals surface area contributed by atoms with Gasteiger partial charge in [-0.15, -0.1) is 0 Å². The third-order valence-corrected chi connectivity index (χ3v) is 0. The first-order chi connectivity index (χ1) is 3.00. The molecule has 0 atom stereocenters. The molecule has 46 valence electrons. The molecule has 0 aromatic rings. The smallest absolute Gasteiger partial charge is 0.255 e. The molecule has 0 aromatic heterocycles. The molecular weight excluding hydrogens is 168 g/mol. The second kappa shape index (κ2) is 4.88. The Bertz CT molecular complexity index is 26.4. The molecule has 0 bridgehead atoms. The van der Waals surface area contributed by atoms with Gasteiger partial charge in [0.2, 0.25) is 0 Å². The number of hydrogen-bond donors (Lipinski definition) is 0. The summed E-state index contributed by atoms with van der Waals surface area (Å²) in [6.45, 7) is 0. The van der Waals surface area contributed by atoms with Crippen molar-refractivity contribution in [3.05, 3.63) is 0 Å². The summed E-state index contributed by atoms with van der Waals surface area (Å²) < 4.78 is 17.9. The lowest BCUT2D eigenvalue weighted by Gasteiger charge is -1.89. The summed E-state index contributed by atoms with van der Waals surface area (Å²) in [5.74, 6) is 0. The molecule has 7 heavy (non-hydrogen) atoms. The summed E-state index contributed by atoms with van der Waals surface area (Å²) in [7, 11) is 0.500. The van der Waals surface area contributed by atoms with Crippen LogP contribution in [0.3, 0.4) is 0 Å². The highest BCUT2D eigenvalue weighted by molar-refractivity contribution is 6.66. The standard InChI is InChI=1S/CCl3F.CH3F/c2-1(3,4)5;1-2/h;1H3. The number of halogens is 5. The molecular formula is C2H3Cl3F2. The molecule has 0 amide bonds. The van der Waals surface area contributed by atoms with Crippen molar-refractivity contribution in [1.29, 1.82) is 0 Å².